The molecule has 0 bridgehead atoms. The minimum Gasteiger partial charge on any atom is -0.309 e. The molecular weight excluding hydrogens is 705 g/mol. The molecule has 58 heavy (non-hydrogen) atoms. The highest BCUT2D eigenvalue weighted by Gasteiger charge is 2.24. The predicted molar refractivity (Wildman–Crippen MR) is 244 cm³/mol. The van der Waals surface area contributed by atoms with Crippen LogP contribution in [0.25, 0.3) is 88.9 Å². The molecule has 282 valence electrons. The number of rotatable bonds is 5. The fourth-order valence-electron chi connectivity index (χ4n) is 8.93. The Morgan fingerprint density at radius 3 is 0.966 bits per heavy atom. The van der Waals surface area contributed by atoms with E-state index < -0.39 is 0 Å². The van der Waals surface area contributed by atoms with Gasteiger partial charge in [0, 0.05) is 44.0 Å². The first-order chi connectivity index (χ1) is 28.0. The van der Waals surface area contributed by atoms with Crippen molar-refractivity contribution in [2.24, 2.45) is 0 Å². The third kappa shape index (κ3) is 5.90. The summed E-state index contributed by atoms with van der Waals surface area (Å²) in [5.41, 5.74) is 15.1. The number of hydrogen-bond donors (Lipinski definition) is 0. The van der Waals surface area contributed by atoms with E-state index in [4.69, 9.17) is 9.97 Å². The molecule has 0 unspecified atom stereocenters. The smallest absolute Gasteiger partial charge is 0.0893 e. The van der Waals surface area contributed by atoms with Crippen LogP contribution in [-0.4, -0.2) is 19.1 Å². The summed E-state index contributed by atoms with van der Waals surface area (Å²) in [5.74, 6) is 0. The highest BCUT2D eigenvalue weighted by atomic mass is 15.0. The molecule has 0 aliphatic carbocycles. The van der Waals surface area contributed by atoms with Gasteiger partial charge in [0.05, 0.1) is 44.8 Å². The monoisotopic (exact) mass is 750 g/mol. The van der Waals surface area contributed by atoms with Crippen LogP contribution in [0.1, 0.15) is 52.7 Å². The van der Waals surface area contributed by atoms with Crippen molar-refractivity contribution in [3.8, 4) is 45.3 Å². The average Bonchev–Trinajstić information content (AvgIpc) is 3.76. The normalized spacial score (nSPS) is 12.3. The van der Waals surface area contributed by atoms with E-state index in [1.165, 1.54) is 54.7 Å². The molecule has 0 N–H and O–H groups in total. The van der Waals surface area contributed by atoms with Crippen LogP contribution in [0.15, 0.2) is 170 Å². The van der Waals surface area contributed by atoms with Crippen molar-refractivity contribution < 1.29 is 0 Å². The van der Waals surface area contributed by atoms with Gasteiger partial charge in [-0.3, -0.25) is 0 Å². The van der Waals surface area contributed by atoms with E-state index in [2.05, 4.69) is 221 Å². The van der Waals surface area contributed by atoms with Gasteiger partial charge in [0.15, 0.2) is 0 Å². The molecule has 4 heterocycles. The highest BCUT2D eigenvalue weighted by Crippen LogP contribution is 2.40. The van der Waals surface area contributed by atoms with Crippen molar-refractivity contribution in [1.29, 1.82) is 0 Å². The lowest BCUT2D eigenvalue weighted by atomic mass is 9.82. The fraction of sp³-hybridized carbons (Fsp3) is 0.148. The molecule has 0 aliphatic heterocycles. The van der Waals surface area contributed by atoms with Crippen LogP contribution in [0.5, 0.6) is 0 Å². The molecule has 0 saturated carbocycles. The summed E-state index contributed by atoms with van der Waals surface area (Å²) < 4.78 is 4.77. The Morgan fingerprint density at radius 1 is 0.328 bits per heavy atom. The SMILES string of the molecule is CC(C)(C)c1ccc(-n2c3ccccc3c3ccccc32)cc1-c1cccc(-c2cccc(-c3cc(-n4c5ccccc5c5ccccc54)ccc3C(C)(C)C)n2)n1. The molecule has 0 saturated heterocycles. The largest absolute Gasteiger partial charge is 0.309 e. The van der Waals surface area contributed by atoms with Crippen molar-refractivity contribution in [3.63, 3.8) is 0 Å². The van der Waals surface area contributed by atoms with E-state index in [1.807, 2.05) is 0 Å². The molecule has 6 aromatic carbocycles. The van der Waals surface area contributed by atoms with Gasteiger partial charge in [0.2, 0.25) is 0 Å². The fourth-order valence-corrected chi connectivity index (χ4v) is 8.93. The topological polar surface area (TPSA) is 35.6 Å². The molecule has 0 fully saturated rings. The Hall–Kier alpha value is -6.78. The van der Waals surface area contributed by atoms with Gasteiger partial charge >= 0.3 is 0 Å². The molecule has 10 aromatic rings. The van der Waals surface area contributed by atoms with Crippen LogP contribution in [0.3, 0.4) is 0 Å². The average molecular weight is 751 g/mol. The Labute approximate surface area is 340 Å². The molecule has 0 amide bonds. The van der Waals surface area contributed by atoms with Gasteiger partial charge in [0.25, 0.3) is 0 Å². The van der Waals surface area contributed by atoms with E-state index in [0.717, 1.165) is 45.3 Å². The van der Waals surface area contributed by atoms with E-state index in [0.29, 0.717) is 0 Å². The third-order valence-electron chi connectivity index (χ3n) is 11.6. The molecule has 4 aromatic heterocycles. The van der Waals surface area contributed by atoms with Gasteiger partial charge in [-0.05, 0) is 94.8 Å². The number of benzene rings is 6. The number of aromatic nitrogens is 4. The van der Waals surface area contributed by atoms with Crippen LogP contribution in [0.4, 0.5) is 0 Å². The lowest BCUT2D eigenvalue weighted by Crippen LogP contribution is -2.14. The van der Waals surface area contributed by atoms with E-state index in [1.54, 1.807) is 0 Å². The number of para-hydroxylation sites is 4. The van der Waals surface area contributed by atoms with Gasteiger partial charge in [0.1, 0.15) is 0 Å². The van der Waals surface area contributed by atoms with Gasteiger partial charge in [-0.15, -0.1) is 0 Å². The van der Waals surface area contributed by atoms with Crippen LogP contribution in [0, 0.1) is 0 Å². The van der Waals surface area contributed by atoms with Crippen molar-refractivity contribution in [2.75, 3.05) is 0 Å². The molecule has 0 atom stereocenters. The van der Waals surface area contributed by atoms with Gasteiger partial charge < -0.3 is 9.13 Å². The summed E-state index contributed by atoms with van der Waals surface area (Å²) in [6.45, 7) is 13.7. The van der Waals surface area contributed by atoms with Crippen LogP contribution in [0.2, 0.25) is 0 Å². The summed E-state index contributed by atoms with van der Waals surface area (Å²) >= 11 is 0. The number of pyridine rings is 2. The van der Waals surface area contributed by atoms with Crippen molar-refractivity contribution >= 4 is 43.6 Å². The second-order valence-electron chi connectivity index (χ2n) is 17.5. The minimum absolute atomic E-state index is 0.102. The molecule has 4 heteroatoms. The number of hydrogen-bond acceptors (Lipinski definition) is 2. The highest BCUT2D eigenvalue weighted by molar-refractivity contribution is 6.10. The van der Waals surface area contributed by atoms with Crippen molar-refractivity contribution in [2.45, 2.75) is 52.4 Å². The minimum atomic E-state index is -0.102. The molecule has 10 rings (SSSR count). The molecule has 0 radical (unpaired) electrons. The first-order valence-electron chi connectivity index (χ1n) is 20.3. The second kappa shape index (κ2) is 13.4. The molecule has 0 spiro atoms. The first kappa shape index (κ1) is 35.6. The second-order valence-corrected chi connectivity index (χ2v) is 17.5. The standard InChI is InChI=1S/C54H46N4/c1-53(2,3)43-31-29-35(57-49-25-11-7-17-37(49)38-18-8-12-26-50(38)57)33-41(43)45-21-15-23-47(55-45)48-24-16-22-46(56-48)42-34-36(30-32-44(42)54(4,5)6)58-51-27-13-9-19-39(51)40-20-10-14-28-52(40)58/h7-34H,1-6H3. The lowest BCUT2D eigenvalue weighted by molar-refractivity contribution is 0.591. The first-order valence-corrected chi connectivity index (χ1v) is 20.3. The van der Waals surface area contributed by atoms with E-state index in [-0.39, 0.29) is 10.8 Å². The Balaban J connectivity index is 1.11. The summed E-state index contributed by atoms with van der Waals surface area (Å²) in [5, 5.41) is 5.00. The van der Waals surface area contributed by atoms with Gasteiger partial charge in [-0.2, -0.15) is 0 Å². The number of nitrogens with zero attached hydrogens (tertiary/aromatic N) is 4. The number of fused-ring (bicyclic) bond motifs is 6. The van der Waals surface area contributed by atoms with Crippen molar-refractivity contribution in [1.82, 2.24) is 19.1 Å². The molecule has 4 nitrogen and oxygen atoms in total. The third-order valence-corrected chi connectivity index (χ3v) is 11.6. The Morgan fingerprint density at radius 2 is 0.638 bits per heavy atom. The molecule has 0 aliphatic rings. The maximum absolute atomic E-state index is 5.39. The zero-order chi connectivity index (χ0) is 39.8. The lowest BCUT2D eigenvalue weighted by Gasteiger charge is -2.24. The zero-order valence-electron chi connectivity index (χ0n) is 34.0. The van der Waals surface area contributed by atoms with Crippen LogP contribution in [-0.2, 0) is 10.8 Å². The predicted octanol–water partition coefficient (Wildman–Crippen LogP) is 14.3. The van der Waals surface area contributed by atoms with Crippen LogP contribution >= 0.6 is 0 Å². The maximum atomic E-state index is 5.39. The quantitative estimate of drug-likeness (QED) is 0.176. The summed E-state index contributed by atoms with van der Waals surface area (Å²) in [6, 6.07) is 61.2. The Kier molecular flexibility index (Phi) is 8.24. The van der Waals surface area contributed by atoms with E-state index >= 15 is 0 Å². The van der Waals surface area contributed by atoms with Gasteiger partial charge in [-0.1, -0.05) is 139 Å². The summed E-state index contributed by atoms with van der Waals surface area (Å²) in [7, 11) is 0. The van der Waals surface area contributed by atoms with Crippen molar-refractivity contribution in [3.05, 3.63) is 181 Å². The maximum Gasteiger partial charge on any atom is 0.0893 e. The van der Waals surface area contributed by atoms with E-state index in [9.17, 15) is 0 Å². The summed E-state index contributed by atoms with van der Waals surface area (Å²) in [4.78, 5) is 10.8. The van der Waals surface area contributed by atoms with Crippen LogP contribution < -0.4 is 0 Å². The summed E-state index contributed by atoms with van der Waals surface area (Å²) in [6.07, 6.45) is 0. The zero-order valence-corrected chi connectivity index (χ0v) is 34.0. The Bertz CT molecular complexity index is 2880. The van der Waals surface area contributed by atoms with Gasteiger partial charge in [-0.25, -0.2) is 9.97 Å². The molecular formula is C54H46N4.